The van der Waals surface area contributed by atoms with E-state index in [1.165, 1.54) is 22.4 Å². The Labute approximate surface area is 157 Å². The second kappa shape index (κ2) is 8.33. The molecule has 5 heteroatoms. The molecule has 0 bridgehead atoms. The van der Waals surface area contributed by atoms with E-state index in [1.807, 2.05) is 23.1 Å². The minimum Gasteiger partial charge on any atom is -0.396 e. The van der Waals surface area contributed by atoms with Crippen LogP contribution in [0.15, 0.2) is 30.6 Å². The lowest BCUT2D eigenvalue weighted by molar-refractivity contribution is 0.0348. The van der Waals surface area contributed by atoms with Crippen LogP contribution in [0.1, 0.15) is 37.0 Å². The first kappa shape index (κ1) is 19.1. The summed E-state index contributed by atoms with van der Waals surface area (Å²) >= 11 is 0. The number of nitrogens with zero attached hydrogens (tertiary/aromatic N) is 4. The summed E-state index contributed by atoms with van der Waals surface area (Å²) in [5, 5.41) is 13.9. The number of rotatable bonds is 6. The summed E-state index contributed by atoms with van der Waals surface area (Å²) in [4.78, 5) is 5.06. The van der Waals surface area contributed by atoms with E-state index in [1.54, 1.807) is 0 Å². The Hall–Kier alpha value is -1.69. The molecule has 2 aromatic rings. The van der Waals surface area contributed by atoms with Gasteiger partial charge in [0.1, 0.15) is 0 Å². The van der Waals surface area contributed by atoms with E-state index in [4.69, 9.17) is 0 Å². The molecule has 1 N–H and O–H groups in total. The van der Waals surface area contributed by atoms with Gasteiger partial charge in [0.05, 0.1) is 5.69 Å². The van der Waals surface area contributed by atoms with E-state index in [0.717, 1.165) is 32.6 Å². The van der Waals surface area contributed by atoms with Crippen molar-refractivity contribution in [1.82, 2.24) is 19.6 Å². The van der Waals surface area contributed by atoms with Gasteiger partial charge in [0.15, 0.2) is 0 Å². The first-order chi connectivity index (χ1) is 12.5. The molecule has 26 heavy (non-hydrogen) atoms. The zero-order chi connectivity index (χ0) is 18.7. The third-order valence-electron chi connectivity index (χ3n) is 5.46. The van der Waals surface area contributed by atoms with Gasteiger partial charge in [-0.3, -0.25) is 9.80 Å². The zero-order valence-corrected chi connectivity index (χ0v) is 16.5. The topological polar surface area (TPSA) is 44.5 Å². The Morgan fingerprint density at radius 2 is 2.04 bits per heavy atom. The second-order valence-electron chi connectivity index (χ2n) is 7.76. The first-order valence-electron chi connectivity index (χ1n) is 9.68. The average Bonchev–Trinajstić information content (AvgIpc) is 3.11. The molecule has 2 heterocycles. The summed E-state index contributed by atoms with van der Waals surface area (Å²) < 4.78 is 1.98. The van der Waals surface area contributed by atoms with Crippen LogP contribution in [0.4, 0.5) is 0 Å². The molecule has 0 unspecified atom stereocenters. The Morgan fingerprint density at radius 3 is 2.69 bits per heavy atom. The van der Waals surface area contributed by atoms with Gasteiger partial charge in [-0.15, -0.1) is 0 Å². The molecule has 0 aliphatic carbocycles. The van der Waals surface area contributed by atoms with E-state index in [2.05, 4.69) is 54.7 Å². The van der Waals surface area contributed by atoms with E-state index in [0.29, 0.717) is 12.1 Å². The predicted molar refractivity (Wildman–Crippen MR) is 106 cm³/mol. The fourth-order valence-corrected chi connectivity index (χ4v) is 4.18. The molecule has 0 spiro atoms. The quantitative estimate of drug-likeness (QED) is 0.864. The van der Waals surface area contributed by atoms with E-state index in [-0.39, 0.29) is 6.61 Å². The fourth-order valence-electron chi connectivity index (χ4n) is 4.18. The van der Waals surface area contributed by atoms with E-state index >= 15 is 0 Å². The van der Waals surface area contributed by atoms with Crippen molar-refractivity contribution in [3.63, 3.8) is 0 Å². The number of aliphatic hydroxyl groups is 1. The summed E-state index contributed by atoms with van der Waals surface area (Å²) in [5.74, 6) is 0. The number of benzene rings is 1. The molecular formula is C21H32N4O. The lowest BCUT2D eigenvalue weighted by atomic mass is 10.0. The van der Waals surface area contributed by atoms with Gasteiger partial charge in [-0.05, 0) is 62.9 Å². The predicted octanol–water partition coefficient (Wildman–Crippen LogP) is 2.77. The van der Waals surface area contributed by atoms with Crippen LogP contribution in [0.5, 0.6) is 0 Å². The molecule has 1 aliphatic rings. The molecule has 1 aromatic heterocycles. The van der Waals surface area contributed by atoms with Crippen LogP contribution < -0.4 is 0 Å². The van der Waals surface area contributed by atoms with E-state index in [9.17, 15) is 5.11 Å². The lowest BCUT2D eigenvalue weighted by Crippen LogP contribution is -2.55. The van der Waals surface area contributed by atoms with Gasteiger partial charge < -0.3 is 5.11 Å². The monoisotopic (exact) mass is 356 g/mol. The number of aryl methyl sites for hydroxylation is 2. The van der Waals surface area contributed by atoms with Crippen molar-refractivity contribution in [2.45, 2.75) is 52.7 Å². The summed E-state index contributed by atoms with van der Waals surface area (Å²) in [6, 6.07) is 7.41. The van der Waals surface area contributed by atoms with Crippen molar-refractivity contribution in [3.05, 3.63) is 47.3 Å². The molecule has 1 aromatic carbocycles. The molecule has 142 valence electrons. The molecule has 1 fully saturated rings. The Kier molecular flexibility index (Phi) is 6.12. The van der Waals surface area contributed by atoms with Crippen LogP contribution in [-0.4, -0.2) is 63.0 Å². The maximum Gasteiger partial charge on any atom is 0.0695 e. The summed E-state index contributed by atoms with van der Waals surface area (Å²) in [7, 11) is 0. The average molecular weight is 357 g/mol. The Morgan fingerprint density at radius 1 is 1.23 bits per heavy atom. The SMILES string of the molecule is Cc1cc(C)c(CN2CCN(C(C)C)[C@@H](CCO)C2)c(-n2cccn2)c1. The third kappa shape index (κ3) is 4.17. The molecule has 1 saturated heterocycles. The Bertz CT molecular complexity index is 711. The lowest BCUT2D eigenvalue weighted by Gasteiger charge is -2.43. The number of piperazine rings is 1. The van der Waals surface area contributed by atoms with Crippen LogP contribution in [0.2, 0.25) is 0 Å². The van der Waals surface area contributed by atoms with Crippen LogP contribution in [0.3, 0.4) is 0 Å². The maximum atomic E-state index is 9.48. The number of aliphatic hydroxyl groups excluding tert-OH is 1. The van der Waals surface area contributed by atoms with Gasteiger partial charge in [-0.1, -0.05) is 6.07 Å². The molecule has 1 atom stereocenters. The minimum atomic E-state index is 0.254. The van der Waals surface area contributed by atoms with Gasteiger partial charge >= 0.3 is 0 Å². The van der Waals surface area contributed by atoms with Crippen molar-refractivity contribution < 1.29 is 5.11 Å². The molecule has 5 nitrogen and oxygen atoms in total. The third-order valence-corrected chi connectivity index (χ3v) is 5.46. The normalized spacial score (nSPS) is 19.4. The van der Waals surface area contributed by atoms with Crippen molar-refractivity contribution in [1.29, 1.82) is 0 Å². The van der Waals surface area contributed by atoms with Crippen LogP contribution in [0.25, 0.3) is 5.69 Å². The highest BCUT2D eigenvalue weighted by Crippen LogP contribution is 2.24. The number of hydrogen-bond acceptors (Lipinski definition) is 4. The molecule has 0 radical (unpaired) electrons. The zero-order valence-electron chi connectivity index (χ0n) is 16.5. The largest absolute Gasteiger partial charge is 0.396 e. The summed E-state index contributed by atoms with van der Waals surface area (Å²) in [5.41, 5.74) is 5.11. The molecule has 0 saturated carbocycles. The second-order valence-corrected chi connectivity index (χ2v) is 7.76. The number of hydrogen-bond donors (Lipinski definition) is 1. The fraction of sp³-hybridized carbons (Fsp3) is 0.571. The van der Waals surface area contributed by atoms with Crippen molar-refractivity contribution in [2.75, 3.05) is 26.2 Å². The minimum absolute atomic E-state index is 0.254. The molecular weight excluding hydrogens is 324 g/mol. The van der Waals surface area contributed by atoms with Crippen LogP contribution in [0, 0.1) is 13.8 Å². The molecule has 3 rings (SSSR count). The first-order valence-corrected chi connectivity index (χ1v) is 9.68. The Balaban J connectivity index is 1.83. The smallest absolute Gasteiger partial charge is 0.0695 e. The highest BCUT2D eigenvalue weighted by molar-refractivity contribution is 5.48. The molecule has 0 amide bonds. The highest BCUT2D eigenvalue weighted by Gasteiger charge is 2.28. The van der Waals surface area contributed by atoms with E-state index < -0.39 is 0 Å². The van der Waals surface area contributed by atoms with Crippen LogP contribution >= 0.6 is 0 Å². The van der Waals surface area contributed by atoms with Crippen molar-refractivity contribution >= 4 is 0 Å². The molecule has 1 aliphatic heterocycles. The van der Waals surface area contributed by atoms with Gasteiger partial charge in [-0.2, -0.15) is 5.10 Å². The van der Waals surface area contributed by atoms with Crippen LogP contribution in [-0.2, 0) is 6.54 Å². The summed E-state index contributed by atoms with van der Waals surface area (Å²) in [6.45, 7) is 13.1. The van der Waals surface area contributed by atoms with Crippen molar-refractivity contribution in [2.24, 2.45) is 0 Å². The highest BCUT2D eigenvalue weighted by atomic mass is 16.3. The maximum absolute atomic E-state index is 9.48. The van der Waals surface area contributed by atoms with Crippen molar-refractivity contribution in [3.8, 4) is 5.69 Å². The van der Waals surface area contributed by atoms with Gasteiger partial charge in [0.2, 0.25) is 0 Å². The number of aromatic nitrogens is 2. The van der Waals surface area contributed by atoms with Gasteiger partial charge in [0.25, 0.3) is 0 Å². The summed E-state index contributed by atoms with van der Waals surface area (Å²) in [6.07, 6.45) is 4.69. The standard InChI is InChI=1S/C21H32N4O/c1-16(2)24-10-9-23(14-19(24)6-11-26)15-20-18(4)12-17(3)13-21(20)25-8-5-7-22-25/h5,7-8,12-13,16,19,26H,6,9-11,14-15H2,1-4H3/t19-/m0/s1. The van der Waals surface area contributed by atoms with Gasteiger partial charge in [0, 0.05) is 57.3 Å². The van der Waals surface area contributed by atoms with Gasteiger partial charge in [-0.25, -0.2) is 4.68 Å².